The second-order valence-corrected chi connectivity index (χ2v) is 5.98. The third-order valence-corrected chi connectivity index (χ3v) is 3.93. The number of hydroxylamine groups is 3. The van der Waals surface area contributed by atoms with Crippen molar-refractivity contribution < 1.29 is 49.3 Å². The summed E-state index contributed by atoms with van der Waals surface area (Å²) in [4.78, 5) is 40.6. The molecule has 2 N–H and O–H groups in total. The Morgan fingerprint density at radius 2 is 2.17 bits per heavy atom. The normalized spacial score (nSPS) is 27.9. The number of allylic oxidation sites excluding steroid dienone is 2. The maximum atomic E-state index is 13.9. The summed E-state index contributed by atoms with van der Waals surface area (Å²) in [6.07, 6.45) is 4.97. The van der Waals surface area contributed by atoms with E-state index in [0.29, 0.717) is 5.70 Å². The molecule has 0 bridgehead atoms. The van der Waals surface area contributed by atoms with Crippen LogP contribution in [0.15, 0.2) is 29.2 Å². The number of amides is 3. The van der Waals surface area contributed by atoms with Gasteiger partial charge >= 0.3 is 0 Å². The van der Waals surface area contributed by atoms with Crippen molar-refractivity contribution in [1.82, 2.24) is 10.6 Å². The molecule has 0 aromatic carbocycles. The molecule has 2 aliphatic heterocycles. The van der Waals surface area contributed by atoms with Gasteiger partial charge in [-0.1, -0.05) is 5.57 Å². The third kappa shape index (κ3) is 3.55. The van der Waals surface area contributed by atoms with Crippen LogP contribution in [0, 0.1) is 6.08 Å². The molecule has 0 aromatic rings. The fourth-order valence-corrected chi connectivity index (χ4v) is 2.70. The van der Waals surface area contributed by atoms with Crippen LogP contribution in [0.25, 0.3) is 0 Å². The van der Waals surface area contributed by atoms with Gasteiger partial charge in [0, 0.05) is 33.3 Å². The average molecular weight is 505 g/mol. The van der Waals surface area contributed by atoms with Gasteiger partial charge in [-0.3, -0.25) is 14.9 Å². The molecule has 2 heterocycles. The smallest absolute Gasteiger partial charge is 0.248 e. The summed E-state index contributed by atoms with van der Waals surface area (Å²) < 4.78 is 14.0. The Balaban J connectivity index is 0.00000208. The minimum absolute atomic E-state index is 0. The first-order chi connectivity index (χ1) is 10.8. The van der Waals surface area contributed by atoms with E-state index in [2.05, 4.69) is 16.7 Å². The zero-order chi connectivity index (χ0) is 16.8. The van der Waals surface area contributed by atoms with Gasteiger partial charge in [0.15, 0.2) is 12.0 Å². The summed E-state index contributed by atoms with van der Waals surface area (Å²) in [5.41, 5.74) is 0.627. The van der Waals surface area contributed by atoms with Crippen LogP contribution in [0.1, 0.15) is 12.8 Å². The molecule has 3 amide bonds. The average Bonchev–Trinajstić information content (AvgIpc) is 2.59. The fraction of sp³-hybridized carbons (Fsp3) is 0.400. The molecule has 2 saturated heterocycles. The first kappa shape index (κ1) is 18.7. The number of quaternary nitrogens is 1. The zero-order valence-electron chi connectivity index (χ0n) is 13.1. The van der Waals surface area contributed by atoms with E-state index in [4.69, 9.17) is 4.84 Å². The fourth-order valence-electron chi connectivity index (χ4n) is 2.70. The molecule has 0 saturated carbocycles. The minimum Gasteiger partial charge on any atom is -0.381 e. The third-order valence-electron chi connectivity index (χ3n) is 3.93. The number of halogens is 1. The molecule has 2 fully saturated rings. The quantitative estimate of drug-likeness (QED) is 0.309. The van der Waals surface area contributed by atoms with E-state index in [-0.39, 0.29) is 50.0 Å². The molecule has 2 atom stereocenters. The SMILES string of the molecule is C[N+]1(C)OC2C=C(C(=O)NC3CCC(=O)NC3=O)[C-]=C(F)C=C21.[W]. The Morgan fingerprint density at radius 3 is 2.79 bits per heavy atom. The Morgan fingerprint density at radius 1 is 1.46 bits per heavy atom. The van der Waals surface area contributed by atoms with Crippen molar-refractivity contribution >= 4 is 17.7 Å². The summed E-state index contributed by atoms with van der Waals surface area (Å²) in [6.45, 7) is 0. The number of hydrogen-bond acceptors (Lipinski definition) is 4. The molecule has 3 aliphatic rings. The Hall–Kier alpha value is -1.63. The molecule has 0 spiro atoms. The van der Waals surface area contributed by atoms with E-state index >= 15 is 0 Å². The number of nitrogens with zero attached hydrogens (tertiary/aromatic N) is 1. The molecule has 7 nitrogen and oxygen atoms in total. The van der Waals surface area contributed by atoms with Crippen molar-refractivity contribution in [1.29, 1.82) is 0 Å². The maximum Gasteiger partial charge on any atom is 0.248 e. The van der Waals surface area contributed by atoms with Crippen molar-refractivity contribution in [2.24, 2.45) is 0 Å². The van der Waals surface area contributed by atoms with E-state index < -0.39 is 29.8 Å². The largest absolute Gasteiger partial charge is 0.381 e. The van der Waals surface area contributed by atoms with E-state index in [1.165, 1.54) is 12.2 Å². The number of fused-ring (bicyclic) bond motifs is 1. The summed E-state index contributed by atoms with van der Waals surface area (Å²) >= 11 is 0. The van der Waals surface area contributed by atoms with Crippen LogP contribution in [-0.4, -0.2) is 48.6 Å². The molecule has 2 unspecified atom stereocenters. The molecule has 0 radical (unpaired) electrons. The van der Waals surface area contributed by atoms with Gasteiger partial charge in [-0.2, -0.15) is 9.48 Å². The molecular weight excluding hydrogens is 489 g/mol. The number of piperidine rings is 1. The van der Waals surface area contributed by atoms with Gasteiger partial charge in [-0.15, -0.1) is 12.2 Å². The minimum atomic E-state index is -0.823. The van der Waals surface area contributed by atoms with Gasteiger partial charge in [0.1, 0.15) is 25.8 Å². The Labute approximate surface area is 152 Å². The first-order valence-corrected chi connectivity index (χ1v) is 7.16. The van der Waals surface area contributed by atoms with Crippen molar-refractivity contribution in [2.75, 3.05) is 14.1 Å². The summed E-state index contributed by atoms with van der Waals surface area (Å²) in [7, 11) is 3.50. The van der Waals surface area contributed by atoms with Crippen molar-refractivity contribution in [3.05, 3.63) is 35.3 Å². The van der Waals surface area contributed by atoms with E-state index in [1.807, 2.05) is 0 Å². The van der Waals surface area contributed by atoms with Crippen LogP contribution in [0.2, 0.25) is 0 Å². The van der Waals surface area contributed by atoms with Gasteiger partial charge in [-0.05, 0) is 12.5 Å². The molecule has 24 heavy (non-hydrogen) atoms. The summed E-state index contributed by atoms with van der Waals surface area (Å²) in [5, 5.41) is 4.64. The molecule has 3 rings (SSSR count). The number of carbonyl (C=O) groups excluding carboxylic acids is 3. The van der Waals surface area contributed by atoms with Gasteiger partial charge in [0.05, 0.1) is 0 Å². The summed E-state index contributed by atoms with van der Waals surface area (Å²) in [6, 6.07) is -0.823. The number of likely N-dealkylation sites (N-methyl/N-ethyl adjacent to an activating group) is 1. The first-order valence-electron chi connectivity index (χ1n) is 7.16. The van der Waals surface area contributed by atoms with Crippen molar-refractivity contribution in [3.8, 4) is 0 Å². The standard InChI is InChI=1S/C15H16FN3O4.W/c1-19(2)11-7-9(16)5-8(6-12(11)23-19)14(21)17-10-3-4-13(20)18-15(10)22;/h6-7,10,12H,3-4H2,1-2H3,(H,17,21)(H,18,20,22);. The molecule has 1 aliphatic carbocycles. The van der Waals surface area contributed by atoms with Crippen LogP contribution in [0.4, 0.5) is 4.39 Å². The number of imide groups is 1. The summed E-state index contributed by atoms with van der Waals surface area (Å²) in [5.74, 6) is -2.25. The Bertz CT molecular complexity index is 699. The topological polar surface area (TPSA) is 84.5 Å². The van der Waals surface area contributed by atoms with Crippen LogP contribution in [-0.2, 0) is 40.3 Å². The second-order valence-electron chi connectivity index (χ2n) is 5.98. The van der Waals surface area contributed by atoms with Crippen LogP contribution in [0.3, 0.4) is 0 Å². The van der Waals surface area contributed by atoms with Crippen LogP contribution in [0.5, 0.6) is 0 Å². The van der Waals surface area contributed by atoms with Crippen LogP contribution < -0.4 is 10.6 Å². The van der Waals surface area contributed by atoms with Gasteiger partial charge in [0.2, 0.25) is 11.8 Å². The Kier molecular flexibility index (Phi) is 5.22. The maximum absolute atomic E-state index is 13.9. The predicted molar refractivity (Wildman–Crippen MR) is 75.3 cm³/mol. The van der Waals surface area contributed by atoms with Gasteiger partial charge in [-0.25, -0.2) is 4.39 Å². The van der Waals surface area contributed by atoms with E-state index in [1.54, 1.807) is 14.1 Å². The number of hydrogen-bond donors (Lipinski definition) is 2. The molecule has 9 heteroatoms. The number of rotatable bonds is 2. The van der Waals surface area contributed by atoms with Gasteiger partial charge < -0.3 is 10.1 Å². The number of carbonyl (C=O) groups is 3. The molecule has 0 aromatic heterocycles. The van der Waals surface area contributed by atoms with E-state index in [9.17, 15) is 18.8 Å². The zero-order valence-corrected chi connectivity index (χ0v) is 16.0. The van der Waals surface area contributed by atoms with E-state index in [0.717, 1.165) is 0 Å². The van der Waals surface area contributed by atoms with Gasteiger partial charge in [0.25, 0.3) is 0 Å². The van der Waals surface area contributed by atoms with Crippen LogP contribution >= 0.6 is 0 Å². The van der Waals surface area contributed by atoms with Crippen molar-refractivity contribution in [2.45, 2.75) is 25.0 Å². The number of nitrogens with one attached hydrogen (secondary N) is 2. The molecule has 128 valence electrons. The molecular formula is C15H16FN3O4W. The predicted octanol–water partition coefficient (Wildman–Crippen LogP) is -0.224. The van der Waals surface area contributed by atoms with Crippen molar-refractivity contribution in [3.63, 3.8) is 0 Å². The second kappa shape index (κ2) is 6.70. The monoisotopic (exact) mass is 505 g/mol.